The molecule has 4 nitrogen and oxygen atoms in total. The van der Waals surface area contributed by atoms with Crippen molar-refractivity contribution in [1.82, 2.24) is 0 Å². The Morgan fingerprint density at radius 2 is 1.88 bits per heavy atom. The largest absolute Gasteiger partial charge is 0.373 e. The SMILES string of the molecule is NS(=O)(=O)C1CC(OCc2ccccc2)C1. The van der Waals surface area contributed by atoms with Crippen LogP contribution >= 0.6 is 0 Å². The second-order valence-electron chi connectivity index (χ2n) is 4.10. The van der Waals surface area contributed by atoms with Crippen molar-refractivity contribution in [1.29, 1.82) is 0 Å². The minimum absolute atomic E-state index is 0.0310. The summed E-state index contributed by atoms with van der Waals surface area (Å²) in [5, 5.41) is 4.62. The molecule has 1 saturated carbocycles. The summed E-state index contributed by atoms with van der Waals surface area (Å²) in [6.07, 6.45) is 1.07. The molecule has 0 bridgehead atoms. The smallest absolute Gasteiger partial charge is 0.212 e. The van der Waals surface area contributed by atoms with Crippen molar-refractivity contribution in [3.63, 3.8) is 0 Å². The minimum atomic E-state index is -3.36. The molecule has 0 atom stereocenters. The molecule has 0 spiro atoms. The van der Waals surface area contributed by atoms with Crippen LogP contribution in [0, 0.1) is 0 Å². The highest BCUT2D eigenvalue weighted by Gasteiger charge is 2.37. The van der Waals surface area contributed by atoms with Crippen LogP contribution in [0.3, 0.4) is 0 Å². The quantitative estimate of drug-likeness (QED) is 0.855. The second kappa shape index (κ2) is 4.53. The first-order valence-corrected chi connectivity index (χ1v) is 6.84. The maximum Gasteiger partial charge on any atom is 0.212 e. The van der Waals surface area contributed by atoms with Crippen LogP contribution in [0.4, 0.5) is 0 Å². The number of nitrogens with two attached hydrogens (primary N) is 1. The van der Waals surface area contributed by atoms with E-state index in [0.717, 1.165) is 5.56 Å². The van der Waals surface area contributed by atoms with Crippen molar-refractivity contribution in [3.05, 3.63) is 35.9 Å². The first-order chi connectivity index (χ1) is 7.55. The van der Waals surface area contributed by atoms with E-state index in [-0.39, 0.29) is 6.10 Å². The summed E-state index contributed by atoms with van der Waals surface area (Å²) in [7, 11) is -3.36. The van der Waals surface area contributed by atoms with Gasteiger partial charge in [0.2, 0.25) is 10.0 Å². The van der Waals surface area contributed by atoms with Gasteiger partial charge in [-0.3, -0.25) is 0 Å². The van der Waals surface area contributed by atoms with E-state index in [0.29, 0.717) is 19.4 Å². The zero-order valence-corrected chi connectivity index (χ0v) is 9.69. The van der Waals surface area contributed by atoms with Crippen LogP contribution in [0.2, 0.25) is 0 Å². The summed E-state index contributed by atoms with van der Waals surface area (Å²) in [6, 6.07) is 9.81. The van der Waals surface area contributed by atoms with Gasteiger partial charge in [0.15, 0.2) is 0 Å². The van der Waals surface area contributed by atoms with Crippen molar-refractivity contribution in [2.75, 3.05) is 0 Å². The first kappa shape index (κ1) is 11.6. The standard InChI is InChI=1S/C11H15NO3S/c12-16(13,14)11-6-10(7-11)15-8-9-4-2-1-3-5-9/h1-5,10-11H,6-8H2,(H2,12,13,14). The Kier molecular flexibility index (Phi) is 3.28. The Bertz CT molecular complexity index is 438. The maximum absolute atomic E-state index is 11.0. The van der Waals surface area contributed by atoms with Gasteiger partial charge in [0.25, 0.3) is 0 Å². The molecule has 0 aliphatic heterocycles. The van der Waals surface area contributed by atoms with E-state index < -0.39 is 15.3 Å². The molecule has 0 unspecified atom stereocenters. The summed E-state index contributed by atoms with van der Waals surface area (Å²) >= 11 is 0. The summed E-state index contributed by atoms with van der Waals surface area (Å²) in [5.74, 6) is 0. The summed E-state index contributed by atoms with van der Waals surface area (Å²) in [6.45, 7) is 0.531. The van der Waals surface area contributed by atoms with Gasteiger partial charge in [0, 0.05) is 0 Å². The topological polar surface area (TPSA) is 69.4 Å². The lowest BCUT2D eigenvalue weighted by molar-refractivity contribution is -0.00651. The van der Waals surface area contributed by atoms with Crippen LogP contribution < -0.4 is 5.14 Å². The number of sulfonamides is 1. The fourth-order valence-electron chi connectivity index (χ4n) is 1.71. The molecule has 1 aliphatic carbocycles. The maximum atomic E-state index is 11.0. The molecular weight excluding hydrogens is 226 g/mol. The highest BCUT2D eigenvalue weighted by molar-refractivity contribution is 7.89. The lowest BCUT2D eigenvalue weighted by Crippen LogP contribution is -2.44. The minimum Gasteiger partial charge on any atom is -0.373 e. The molecule has 2 N–H and O–H groups in total. The molecular formula is C11H15NO3S. The molecule has 1 fully saturated rings. The molecule has 5 heteroatoms. The summed E-state index contributed by atoms with van der Waals surface area (Å²) in [4.78, 5) is 0. The van der Waals surface area contributed by atoms with E-state index in [1.807, 2.05) is 30.3 Å². The molecule has 0 aromatic heterocycles. The van der Waals surface area contributed by atoms with Gasteiger partial charge >= 0.3 is 0 Å². The third kappa shape index (κ3) is 2.81. The second-order valence-corrected chi connectivity index (χ2v) is 5.95. The van der Waals surface area contributed by atoms with Crippen LogP contribution in [0.15, 0.2) is 30.3 Å². The molecule has 1 aromatic carbocycles. The van der Waals surface area contributed by atoms with E-state index in [1.54, 1.807) is 0 Å². The fraction of sp³-hybridized carbons (Fsp3) is 0.455. The highest BCUT2D eigenvalue weighted by Crippen LogP contribution is 2.28. The molecule has 0 saturated heterocycles. The molecule has 0 heterocycles. The van der Waals surface area contributed by atoms with E-state index in [9.17, 15) is 8.42 Å². The number of hydrogen-bond acceptors (Lipinski definition) is 3. The molecule has 0 radical (unpaired) electrons. The fourth-order valence-corrected chi connectivity index (χ4v) is 2.68. The van der Waals surface area contributed by atoms with Gasteiger partial charge in [0.05, 0.1) is 18.0 Å². The van der Waals surface area contributed by atoms with Gasteiger partial charge in [-0.1, -0.05) is 30.3 Å². The molecule has 1 aromatic rings. The predicted octanol–water partition coefficient (Wildman–Crippen LogP) is 1.02. The molecule has 1 aliphatic rings. The third-order valence-electron chi connectivity index (χ3n) is 2.84. The zero-order chi connectivity index (χ0) is 11.6. The van der Waals surface area contributed by atoms with Gasteiger partial charge in [-0.15, -0.1) is 0 Å². The average molecular weight is 241 g/mol. The van der Waals surface area contributed by atoms with E-state index in [2.05, 4.69) is 0 Å². The lowest BCUT2D eigenvalue weighted by Gasteiger charge is -2.33. The number of ether oxygens (including phenoxy) is 1. The Labute approximate surface area is 95.5 Å². The van der Waals surface area contributed by atoms with Crippen molar-refractivity contribution in [2.24, 2.45) is 5.14 Å². The van der Waals surface area contributed by atoms with Crippen LogP contribution in [0.5, 0.6) is 0 Å². The zero-order valence-electron chi connectivity index (χ0n) is 8.87. The first-order valence-electron chi connectivity index (χ1n) is 5.23. The summed E-state index contributed by atoms with van der Waals surface area (Å²) < 4.78 is 27.5. The van der Waals surface area contributed by atoms with Crippen molar-refractivity contribution >= 4 is 10.0 Å². The normalized spacial score (nSPS) is 25.1. The number of hydrogen-bond donors (Lipinski definition) is 1. The Hall–Kier alpha value is -0.910. The average Bonchev–Trinajstić information content (AvgIpc) is 2.15. The van der Waals surface area contributed by atoms with Gasteiger partial charge in [0.1, 0.15) is 0 Å². The van der Waals surface area contributed by atoms with Gasteiger partial charge in [-0.25, -0.2) is 13.6 Å². The highest BCUT2D eigenvalue weighted by atomic mass is 32.2. The van der Waals surface area contributed by atoms with E-state index in [4.69, 9.17) is 9.88 Å². The Morgan fingerprint density at radius 1 is 1.25 bits per heavy atom. The Morgan fingerprint density at radius 3 is 2.44 bits per heavy atom. The van der Waals surface area contributed by atoms with Gasteiger partial charge in [-0.2, -0.15) is 0 Å². The van der Waals surface area contributed by atoms with E-state index >= 15 is 0 Å². The van der Waals surface area contributed by atoms with Crippen molar-refractivity contribution in [3.8, 4) is 0 Å². The van der Waals surface area contributed by atoms with Crippen LogP contribution in [0.25, 0.3) is 0 Å². The monoisotopic (exact) mass is 241 g/mol. The lowest BCUT2D eigenvalue weighted by atomic mass is 9.95. The van der Waals surface area contributed by atoms with Crippen molar-refractivity contribution < 1.29 is 13.2 Å². The Balaban J connectivity index is 1.75. The number of rotatable bonds is 4. The number of primary sulfonamides is 1. The van der Waals surface area contributed by atoms with Gasteiger partial charge < -0.3 is 4.74 Å². The van der Waals surface area contributed by atoms with Crippen molar-refractivity contribution in [2.45, 2.75) is 30.8 Å². The van der Waals surface area contributed by atoms with Crippen LogP contribution in [0.1, 0.15) is 18.4 Å². The molecule has 88 valence electrons. The molecule has 16 heavy (non-hydrogen) atoms. The van der Waals surface area contributed by atoms with Gasteiger partial charge in [-0.05, 0) is 18.4 Å². The van der Waals surface area contributed by atoms with E-state index in [1.165, 1.54) is 0 Å². The number of benzene rings is 1. The molecule has 2 rings (SSSR count). The van der Waals surface area contributed by atoms with Crippen LogP contribution in [-0.2, 0) is 21.4 Å². The van der Waals surface area contributed by atoms with Crippen LogP contribution in [-0.4, -0.2) is 19.8 Å². The summed E-state index contributed by atoms with van der Waals surface area (Å²) in [5.41, 5.74) is 1.10. The predicted molar refractivity (Wildman–Crippen MR) is 61.1 cm³/mol. The molecule has 0 amide bonds. The third-order valence-corrected chi connectivity index (χ3v) is 4.16.